The Labute approximate surface area is 198 Å². The predicted molar refractivity (Wildman–Crippen MR) is 129 cm³/mol. The van der Waals surface area contributed by atoms with Crippen molar-refractivity contribution in [1.82, 2.24) is 15.6 Å². The van der Waals surface area contributed by atoms with Gasteiger partial charge in [-0.3, -0.25) is 0 Å². The fourth-order valence-corrected chi connectivity index (χ4v) is 4.42. The van der Waals surface area contributed by atoms with E-state index in [0.29, 0.717) is 53.8 Å². The van der Waals surface area contributed by atoms with E-state index in [4.69, 9.17) is 7.49 Å². The molecule has 4 rings (SSSR count). The number of anilines is 1. The second-order valence-electron chi connectivity index (χ2n) is 9.21. The molecule has 177 valence electrons. The second kappa shape index (κ2) is 9.27. The summed E-state index contributed by atoms with van der Waals surface area (Å²) >= 11 is 0. The second-order valence-corrected chi connectivity index (χ2v) is 9.21. The maximum atomic E-state index is 13.8. The third-order valence-corrected chi connectivity index (χ3v) is 6.48. The third kappa shape index (κ3) is 5.03. The number of nitrogens with one attached hydrogen (secondary N) is 3. The van der Waals surface area contributed by atoms with Crippen molar-refractivity contribution >= 4 is 30.2 Å². The van der Waals surface area contributed by atoms with Gasteiger partial charge in [-0.15, -0.1) is 0 Å². The van der Waals surface area contributed by atoms with Crippen LogP contribution in [0.1, 0.15) is 54.2 Å². The molecule has 5 nitrogen and oxygen atoms in total. The number of para-hydroxylation sites is 1. The maximum absolute atomic E-state index is 13.8. The Balaban J connectivity index is 1.48. The van der Waals surface area contributed by atoms with Gasteiger partial charge in [0.2, 0.25) is 0 Å². The van der Waals surface area contributed by atoms with Gasteiger partial charge in [0.25, 0.3) is 0 Å². The first-order valence-corrected chi connectivity index (χ1v) is 11.3. The van der Waals surface area contributed by atoms with Crippen LogP contribution in [0.25, 0.3) is 5.70 Å². The molecule has 1 aliphatic carbocycles. The van der Waals surface area contributed by atoms with Crippen LogP contribution in [0.2, 0.25) is 0 Å². The molecule has 1 fully saturated rings. The predicted octanol–water partition coefficient (Wildman–Crippen LogP) is 4.15. The average Bonchev–Trinajstić information content (AvgIpc) is 2.94. The number of carbonyl (C=O) groups is 1. The molecular weight excluding hydrogens is 440 g/mol. The number of aromatic nitrogens is 1. The summed E-state index contributed by atoms with van der Waals surface area (Å²) in [5.74, 6) is -0.293. The molecule has 3 atom stereocenters. The molecule has 1 radical (unpaired) electrons. The van der Waals surface area contributed by atoms with Crippen molar-refractivity contribution in [1.29, 1.82) is 0 Å². The van der Waals surface area contributed by atoms with Gasteiger partial charge in [-0.25, -0.2) is 0 Å². The first-order valence-electron chi connectivity index (χ1n) is 11.3. The van der Waals surface area contributed by atoms with E-state index < -0.39 is 11.7 Å². The van der Waals surface area contributed by atoms with E-state index in [1.807, 2.05) is 13.0 Å². The number of hydrogen-bond acceptors (Lipinski definition) is 4. The van der Waals surface area contributed by atoms with Gasteiger partial charge in [0.1, 0.15) is 0 Å². The Hall–Kier alpha value is -3.10. The fourth-order valence-electron chi connectivity index (χ4n) is 4.42. The number of benzene rings is 1. The standard InChI is InChI=1S/C25H27BF3N4O/c1-15-11-12-30-21(13-15)23(34)32-20-10-8-16(7-9-18(20)26)31-22-14-24(2,25(27,28)29)33-19-6-4-3-5-17(19)22/h3-6,11-14,16,20,31,33H,7-10H2,1-2H3,(H,32,34)/t16-,20-,24?/m0/s1. The summed E-state index contributed by atoms with van der Waals surface area (Å²) in [5.41, 5.74) is 1.31. The van der Waals surface area contributed by atoms with Crippen LogP contribution >= 0.6 is 0 Å². The van der Waals surface area contributed by atoms with E-state index in [0.717, 1.165) is 12.5 Å². The van der Waals surface area contributed by atoms with Crippen molar-refractivity contribution in [3.63, 3.8) is 0 Å². The van der Waals surface area contributed by atoms with Crippen LogP contribution in [-0.4, -0.2) is 47.6 Å². The Morgan fingerprint density at radius 2 is 1.97 bits per heavy atom. The SMILES string of the molecule is [B]=C1CC[C@H](NC2=CC(C)(C(F)(F)F)Nc3ccccc32)CC[C@@H]1NC(=O)c1cc(C)ccn1. The zero-order chi connectivity index (χ0) is 24.5. The number of pyridine rings is 1. The molecule has 3 N–H and O–H groups in total. The van der Waals surface area contributed by atoms with Gasteiger partial charge in [0.15, 0.2) is 0 Å². The molecule has 1 unspecified atom stereocenters. The van der Waals surface area contributed by atoms with Crippen LogP contribution in [0, 0.1) is 6.92 Å². The average molecular weight is 467 g/mol. The fraction of sp³-hybridized carbons (Fsp3) is 0.400. The Morgan fingerprint density at radius 3 is 2.71 bits per heavy atom. The Bertz CT molecular complexity index is 1130. The zero-order valence-electron chi connectivity index (χ0n) is 19.2. The molecule has 2 heterocycles. The summed E-state index contributed by atoms with van der Waals surface area (Å²) in [7, 11) is 6.29. The van der Waals surface area contributed by atoms with E-state index in [1.165, 1.54) is 6.08 Å². The number of carbonyl (C=O) groups excluding carboxylic acids is 1. The van der Waals surface area contributed by atoms with E-state index in [-0.39, 0.29) is 18.0 Å². The van der Waals surface area contributed by atoms with Crippen LogP contribution in [0.5, 0.6) is 0 Å². The van der Waals surface area contributed by atoms with Gasteiger partial charge in [0.05, 0.1) is 0 Å². The van der Waals surface area contributed by atoms with E-state index in [9.17, 15) is 18.0 Å². The summed E-state index contributed by atoms with van der Waals surface area (Å²) in [6.07, 6.45) is 0.755. The van der Waals surface area contributed by atoms with E-state index in [1.54, 1.807) is 36.5 Å². The number of alkyl halides is 3. The number of aryl methyl sites for hydroxylation is 1. The van der Waals surface area contributed by atoms with E-state index >= 15 is 0 Å². The molecule has 0 saturated heterocycles. The van der Waals surface area contributed by atoms with Gasteiger partial charge in [0, 0.05) is 0 Å². The van der Waals surface area contributed by atoms with Crippen LogP contribution in [-0.2, 0) is 0 Å². The van der Waals surface area contributed by atoms with Crippen molar-refractivity contribution < 1.29 is 18.0 Å². The first kappa shape index (κ1) is 24.0. The number of hydrogen-bond donors (Lipinski definition) is 3. The monoisotopic (exact) mass is 467 g/mol. The molecule has 1 saturated carbocycles. The Morgan fingerprint density at radius 1 is 1.21 bits per heavy atom. The normalized spacial score (nSPS) is 24.8. The third-order valence-electron chi connectivity index (χ3n) is 6.48. The molecule has 0 spiro atoms. The van der Waals surface area contributed by atoms with Crippen molar-refractivity contribution in [3.05, 3.63) is 65.5 Å². The number of nitrogens with zero attached hydrogens (tertiary/aromatic N) is 1. The van der Waals surface area contributed by atoms with Gasteiger partial charge in [-0.05, 0) is 0 Å². The molecule has 2 aliphatic rings. The van der Waals surface area contributed by atoms with Crippen molar-refractivity contribution in [2.75, 3.05) is 5.32 Å². The first-order chi connectivity index (χ1) is 16.1. The topological polar surface area (TPSA) is 66.0 Å². The summed E-state index contributed by atoms with van der Waals surface area (Å²) in [6, 6.07) is 10.1. The Kier molecular flexibility index (Phi) is 6.56. The van der Waals surface area contributed by atoms with Gasteiger partial charge >= 0.3 is 198 Å². The molecule has 1 aliphatic heterocycles. The molecule has 2 aromatic rings. The molecule has 1 aromatic heterocycles. The van der Waals surface area contributed by atoms with Crippen LogP contribution in [0.4, 0.5) is 18.9 Å². The van der Waals surface area contributed by atoms with Crippen molar-refractivity contribution in [2.24, 2.45) is 0 Å². The van der Waals surface area contributed by atoms with Crippen molar-refractivity contribution in [3.8, 4) is 0 Å². The number of fused-ring (bicyclic) bond motifs is 1. The number of amides is 1. The molecular formula is C25H27BF3N4O. The number of rotatable bonds is 4. The minimum atomic E-state index is -4.46. The van der Waals surface area contributed by atoms with Gasteiger partial charge in [-0.1, -0.05) is 0 Å². The van der Waals surface area contributed by atoms with Crippen LogP contribution in [0.15, 0.2) is 48.7 Å². The van der Waals surface area contributed by atoms with Gasteiger partial charge < -0.3 is 0 Å². The summed E-state index contributed by atoms with van der Waals surface area (Å²) < 4.78 is 41.5. The summed E-state index contributed by atoms with van der Waals surface area (Å²) in [4.78, 5) is 16.8. The molecule has 0 bridgehead atoms. The van der Waals surface area contributed by atoms with Crippen molar-refractivity contribution in [2.45, 2.75) is 63.3 Å². The molecule has 34 heavy (non-hydrogen) atoms. The number of halogens is 3. The zero-order valence-corrected chi connectivity index (χ0v) is 19.2. The van der Waals surface area contributed by atoms with Crippen LogP contribution in [0.3, 0.4) is 0 Å². The summed E-state index contributed by atoms with van der Waals surface area (Å²) in [6.45, 7) is 3.02. The molecule has 1 amide bonds. The molecule has 9 heteroatoms. The van der Waals surface area contributed by atoms with Crippen LogP contribution < -0.4 is 16.0 Å². The van der Waals surface area contributed by atoms with Gasteiger partial charge in [-0.2, -0.15) is 0 Å². The summed E-state index contributed by atoms with van der Waals surface area (Å²) in [5, 5.41) is 8.93. The van der Waals surface area contributed by atoms with E-state index in [2.05, 4.69) is 20.9 Å². The minimum absolute atomic E-state index is 0.0903. The molecule has 1 aromatic carbocycles. The quantitative estimate of drug-likeness (QED) is 0.467.